The van der Waals surface area contributed by atoms with Gasteiger partial charge in [-0.2, -0.15) is 4.31 Å². The molecule has 0 saturated heterocycles. The van der Waals surface area contributed by atoms with E-state index in [0.29, 0.717) is 17.4 Å². The number of hydrogen-bond acceptors (Lipinski definition) is 3. The van der Waals surface area contributed by atoms with Gasteiger partial charge in [-0.15, -0.1) is 0 Å². The van der Waals surface area contributed by atoms with Gasteiger partial charge in [0.1, 0.15) is 0 Å². The highest BCUT2D eigenvalue weighted by Crippen LogP contribution is 2.30. The van der Waals surface area contributed by atoms with Crippen LogP contribution in [0.4, 0.5) is 0 Å². The smallest absolute Gasteiger partial charge is 0.243 e. The molecule has 2 rings (SSSR count). The van der Waals surface area contributed by atoms with Gasteiger partial charge in [-0.3, -0.25) is 0 Å². The topological polar surface area (TPSA) is 63.4 Å². The van der Waals surface area contributed by atoms with Crippen molar-refractivity contribution < 1.29 is 8.42 Å². The molecule has 0 atom stereocenters. The fraction of sp³-hybridized carbons (Fsp3) is 0.625. The molecule has 1 saturated carbocycles. The van der Waals surface area contributed by atoms with Gasteiger partial charge in [0, 0.05) is 19.6 Å². The molecule has 0 aromatic heterocycles. The van der Waals surface area contributed by atoms with Gasteiger partial charge in [0.25, 0.3) is 0 Å². The first-order valence-electron chi connectivity index (χ1n) is 7.64. The highest BCUT2D eigenvalue weighted by Gasteiger charge is 2.31. The van der Waals surface area contributed by atoms with Crippen molar-refractivity contribution in [3.63, 3.8) is 0 Å². The Morgan fingerprint density at radius 1 is 1.24 bits per heavy atom. The van der Waals surface area contributed by atoms with Crippen LogP contribution < -0.4 is 5.73 Å². The van der Waals surface area contributed by atoms with Crippen LogP contribution in [0.1, 0.15) is 43.7 Å². The van der Waals surface area contributed by atoms with Gasteiger partial charge in [-0.05, 0) is 55.7 Å². The average molecular weight is 310 g/mol. The number of aryl methyl sites for hydroxylation is 1. The summed E-state index contributed by atoms with van der Waals surface area (Å²) in [5.74, 6) is 0.708. The Hall–Kier alpha value is -0.910. The zero-order chi connectivity index (χ0) is 15.6. The van der Waals surface area contributed by atoms with Gasteiger partial charge in [-0.1, -0.05) is 19.1 Å². The number of sulfonamides is 1. The first-order chi connectivity index (χ1) is 9.86. The quantitative estimate of drug-likeness (QED) is 0.930. The molecule has 0 aliphatic heterocycles. The molecule has 0 amide bonds. The maximum atomic E-state index is 12.9. The molecular formula is C16H26N2O2S. The third-order valence-corrected chi connectivity index (χ3v) is 6.70. The standard InChI is InChI=1S/C16H26N2O2S/c1-12-4-8-15(9-5-12)18(3)21(19,20)16-10-14(11-17)7-6-13(16)2/h6-7,10,12,15H,4-5,8-9,11,17H2,1-3H3. The largest absolute Gasteiger partial charge is 0.326 e. The summed E-state index contributed by atoms with van der Waals surface area (Å²) in [5.41, 5.74) is 7.27. The van der Waals surface area contributed by atoms with Crippen LogP contribution in [0.2, 0.25) is 0 Å². The molecule has 4 nitrogen and oxygen atoms in total. The number of nitrogens with zero attached hydrogens (tertiary/aromatic N) is 1. The summed E-state index contributed by atoms with van der Waals surface area (Å²) in [6.07, 6.45) is 4.11. The second-order valence-electron chi connectivity index (χ2n) is 6.24. The summed E-state index contributed by atoms with van der Waals surface area (Å²) in [6.45, 7) is 4.43. The van der Waals surface area contributed by atoms with Gasteiger partial charge in [0.15, 0.2) is 0 Å². The first-order valence-corrected chi connectivity index (χ1v) is 9.08. The van der Waals surface area contributed by atoms with Crippen LogP contribution >= 0.6 is 0 Å². The lowest BCUT2D eigenvalue weighted by atomic mass is 9.87. The third kappa shape index (κ3) is 3.47. The van der Waals surface area contributed by atoms with Crippen molar-refractivity contribution >= 4 is 10.0 Å². The molecule has 1 fully saturated rings. The van der Waals surface area contributed by atoms with Crippen LogP contribution in [0.5, 0.6) is 0 Å². The molecule has 0 heterocycles. The Labute approximate surface area is 128 Å². The van der Waals surface area contributed by atoms with E-state index < -0.39 is 10.0 Å². The molecule has 1 aliphatic rings. The van der Waals surface area contributed by atoms with Gasteiger partial charge in [-0.25, -0.2) is 8.42 Å². The van der Waals surface area contributed by atoms with Crippen molar-refractivity contribution in [2.45, 2.75) is 57.0 Å². The molecule has 1 aromatic carbocycles. The van der Waals surface area contributed by atoms with Crippen LogP contribution in [0.3, 0.4) is 0 Å². The molecule has 0 unspecified atom stereocenters. The number of benzene rings is 1. The average Bonchev–Trinajstić information content (AvgIpc) is 2.47. The summed E-state index contributed by atoms with van der Waals surface area (Å²) in [4.78, 5) is 0.395. The van der Waals surface area contributed by atoms with Crippen molar-refractivity contribution in [1.82, 2.24) is 4.31 Å². The zero-order valence-corrected chi connectivity index (χ0v) is 14.0. The molecular weight excluding hydrogens is 284 g/mol. The predicted octanol–water partition coefficient (Wildman–Crippen LogP) is 2.65. The molecule has 1 aliphatic carbocycles. The van der Waals surface area contributed by atoms with Crippen molar-refractivity contribution in [2.75, 3.05) is 7.05 Å². The minimum atomic E-state index is -3.44. The lowest BCUT2D eigenvalue weighted by Gasteiger charge is -2.33. The molecule has 1 aromatic rings. The second-order valence-corrected chi connectivity index (χ2v) is 8.20. The SMILES string of the molecule is Cc1ccc(CN)cc1S(=O)(=O)N(C)C1CCC(C)CC1. The van der Waals surface area contributed by atoms with Gasteiger partial charge in [0.2, 0.25) is 10.0 Å². The summed E-state index contributed by atoms with van der Waals surface area (Å²) in [6, 6.07) is 5.56. The summed E-state index contributed by atoms with van der Waals surface area (Å²) < 4.78 is 27.3. The monoisotopic (exact) mass is 310 g/mol. The lowest BCUT2D eigenvalue weighted by molar-refractivity contribution is 0.246. The molecule has 0 spiro atoms. The molecule has 2 N–H and O–H groups in total. The Kier molecular flexibility index (Phi) is 5.07. The Balaban J connectivity index is 2.29. The lowest BCUT2D eigenvalue weighted by Crippen LogP contribution is -2.39. The van der Waals surface area contributed by atoms with E-state index in [9.17, 15) is 8.42 Å². The number of rotatable bonds is 4. The minimum Gasteiger partial charge on any atom is -0.326 e. The summed E-state index contributed by atoms with van der Waals surface area (Å²) in [7, 11) is -1.73. The Bertz CT molecular complexity index is 590. The van der Waals surface area contributed by atoms with E-state index in [-0.39, 0.29) is 6.04 Å². The zero-order valence-electron chi connectivity index (χ0n) is 13.2. The fourth-order valence-corrected chi connectivity index (χ4v) is 4.70. The fourth-order valence-electron chi connectivity index (χ4n) is 3.01. The van der Waals surface area contributed by atoms with Crippen LogP contribution in [0.25, 0.3) is 0 Å². The van der Waals surface area contributed by atoms with E-state index in [2.05, 4.69) is 6.92 Å². The summed E-state index contributed by atoms with van der Waals surface area (Å²) in [5, 5.41) is 0. The second kappa shape index (κ2) is 6.46. The van der Waals surface area contributed by atoms with E-state index in [1.165, 1.54) is 0 Å². The number of nitrogens with two attached hydrogens (primary N) is 1. The summed E-state index contributed by atoms with van der Waals surface area (Å²) >= 11 is 0. The first kappa shape index (κ1) is 16.5. The van der Waals surface area contributed by atoms with Crippen LogP contribution in [0.15, 0.2) is 23.1 Å². The molecule has 21 heavy (non-hydrogen) atoms. The van der Waals surface area contributed by atoms with Crippen molar-refractivity contribution in [3.05, 3.63) is 29.3 Å². The van der Waals surface area contributed by atoms with E-state index >= 15 is 0 Å². The van der Waals surface area contributed by atoms with Crippen LogP contribution in [-0.4, -0.2) is 25.8 Å². The molecule has 118 valence electrons. The van der Waals surface area contributed by atoms with Gasteiger partial charge < -0.3 is 5.73 Å². The predicted molar refractivity (Wildman–Crippen MR) is 85.4 cm³/mol. The molecule has 0 radical (unpaired) electrons. The third-order valence-electron chi connectivity index (χ3n) is 4.64. The van der Waals surface area contributed by atoms with E-state index in [0.717, 1.165) is 36.8 Å². The van der Waals surface area contributed by atoms with Crippen LogP contribution in [-0.2, 0) is 16.6 Å². The highest BCUT2D eigenvalue weighted by molar-refractivity contribution is 7.89. The molecule has 0 bridgehead atoms. The maximum Gasteiger partial charge on any atom is 0.243 e. The van der Waals surface area contributed by atoms with E-state index in [1.807, 2.05) is 19.1 Å². The normalized spacial score (nSPS) is 23.5. The maximum absolute atomic E-state index is 12.9. The van der Waals surface area contributed by atoms with Crippen LogP contribution in [0, 0.1) is 12.8 Å². The van der Waals surface area contributed by atoms with E-state index in [1.54, 1.807) is 17.4 Å². The van der Waals surface area contributed by atoms with Crippen molar-refractivity contribution in [2.24, 2.45) is 11.7 Å². The Morgan fingerprint density at radius 2 is 1.86 bits per heavy atom. The van der Waals surface area contributed by atoms with E-state index in [4.69, 9.17) is 5.73 Å². The number of hydrogen-bond donors (Lipinski definition) is 1. The van der Waals surface area contributed by atoms with Crippen molar-refractivity contribution in [1.29, 1.82) is 0 Å². The minimum absolute atomic E-state index is 0.118. The van der Waals surface area contributed by atoms with Gasteiger partial charge >= 0.3 is 0 Å². The molecule has 5 heteroatoms. The van der Waals surface area contributed by atoms with Crippen molar-refractivity contribution in [3.8, 4) is 0 Å². The highest BCUT2D eigenvalue weighted by atomic mass is 32.2. The Morgan fingerprint density at radius 3 is 2.43 bits per heavy atom. The van der Waals surface area contributed by atoms with Gasteiger partial charge in [0.05, 0.1) is 4.90 Å².